The van der Waals surface area contributed by atoms with Gasteiger partial charge >= 0.3 is 5.97 Å². The van der Waals surface area contributed by atoms with Crippen LogP contribution in [-0.4, -0.2) is 89.8 Å². The highest BCUT2D eigenvalue weighted by Gasteiger charge is 2.56. The van der Waals surface area contributed by atoms with Gasteiger partial charge in [-0.25, -0.2) is 26.7 Å². The monoisotopic (exact) mass is 608 g/mol. The second kappa shape index (κ2) is 12.8. The number of carbonyl (C=O) groups excluding carboxylic acids is 1. The molecule has 0 aliphatic carbocycles. The van der Waals surface area contributed by atoms with E-state index < -0.39 is 94.9 Å². The van der Waals surface area contributed by atoms with Crippen LogP contribution in [0.3, 0.4) is 0 Å². The number of halogens is 3. The first kappa shape index (κ1) is 31.8. The zero-order chi connectivity index (χ0) is 29.8. The molecule has 0 unspecified atom stereocenters. The second-order valence-corrected chi connectivity index (χ2v) is 11.3. The Labute approximate surface area is 232 Å². The van der Waals surface area contributed by atoms with Crippen LogP contribution in [0.2, 0.25) is 5.02 Å². The van der Waals surface area contributed by atoms with Gasteiger partial charge in [-0.15, -0.1) is 0 Å². The van der Waals surface area contributed by atoms with Gasteiger partial charge in [0.05, 0.1) is 31.1 Å². The number of sulfonamides is 1. The zero-order valence-corrected chi connectivity index (χ0v) is 22.4. The number of aliphatic hydroxyl groups excluding tert-OH is 3. The van der Waals surface area contributed by atoms with Gasteiger partial charge in [0.25, 0.3) is 11.7 Å². The molecule has 1 fully saturated rings. The molecule has 0 spiro atoms. The molecule has 40 heavy (non-hydrogen) atoms. The van der Waals surface area contributed by atoms with Crippen LogP contribution in [-0.2, 0) is 30.9 Å². The Hall–Kier alpha value is -2.76. The van der Waals surface area contributed by atoms with Gasteiger partial charge in [0.15, 0.2) is 11.6 Å². The minimum absolute atomic E-state index is 0.162. The fraction of sp³-hybridized carbons (Fsp3) is 0.417. The molecule has 2 aromatic carbocycles. The van der Waals surface area contributed by atoms with E-state index in [2.05, 4.69) is 5.32 Å². The number of carboxylic acids is 1. The first-order valence-corrected chi connectivity index (χ1v) is 13.9. The molecule has 1 heterocycles. The minimum Gasteiger partial charge on any atom is -0.477 e. The highest BCUT2D eigenvalue weighted by Crippen LogP contribution is 2.34. The first-order chi connectivity index (χ1) is 18.6. The maximum Gasteiger partial charge on any atom is 0.364 e. The van der Waals surface area contributed by atoms with Crippen molar-refractivity contribution in [2.24, 2.45) is 0 Å². The minimum atomic E-state index is -4.08. The molecule has 220 valence electrons. The normalized spacial score (nSPS) is 24.7. The number of aliphatic carboxylic acids is 1. The number of carboxylic acid groups (broad SMARTS) is 1. The largest absolute Gasteiger partial charge is 0.477 e. The van der Waals surface area contributed by atoms with Crippen molar-refractivity contribution in [3.8, 4) is 0 Å². The Morgan fingerprint density at radius 3 is 2.45 bits per heavy atom. The number of aliphatic hydroxyl groups is 3. The lowest BCUT2D eigenvalue weighted by Gasteiger charge is -2.46. The van der Waals surface area contributed by atoms with Crippen LogP contribution in [0, 0.1) is 11.6 Å². The van der Waals surface area contributed by atoms with Crippen molar-refractivity contribution in [2.75, 3.05) is 12.8 Å². The Morgan fingerprint density at radius 1 is 1.20 bits per heavy atom. The molecule has 2 aromatic rings. The molecule has 1 amide bonds. The van der Waals surface area contributed by atoms with Gasteiger partial charge in [-0.05, 0) is 30.3 Å². The summed E-state index contributed by atoms with van der Waals surface area (Å²) in [4.78, 5) is 24.6. The summed E-state index contributed by atoms with van der Waals surface area (Å²) < 4.78 is 64.4. The molecule has 3 rings (SSSR count). The third kappa shape index (κ3) is 7.70. The van der Waals surface area contributed by atoms with Crippen molar-refractivity contribution in [2.45, 2.75) is 49.3 Å². The van der Waals surface area contributed by atoms with Crippen molar-refractivity contribution >= 4 is 33.5 Å². The van der Waals surface area contributed by atoms with Gasteiger partial charge in [-0.3, -0.25) is 4.79 Å². The summed E-state index contributed by atoms with van der Waals surface area (Å²) in [6.45, 7) is -1.46. The summed E-state index contributed by atoms with van der Waals surface area (Å²) in [6, 6.07) is 7.08. The van der Waals surface area contributed by atoms with E-state index in [1.165, 1.54) is 24.3 Å². The molecule has 1 aliphatic rings. The highest BCUT2D eigenvalue weighted by molar-refractivity contribution is 7.88. The number of nitrogens with one attached hydrogen (secondary N) is 2. The van der Waals surface area contributed by atoms with Crippen molar-refractivity contribution in [3.63, 3.8) is 0 Å². The fourth-order valence-electron chi connectivity index (χ4n) is 4.02. The number of carbonyl (C=O) groups is 2. The van der Waals surface area contributed by atoms with Crippen LogP contribution in [0.15, 0.2) is 42.5 Å². The van der Waals surface area contributed by atoms with E-state index in [0.717, 1.165) is 24.5 Å². The predicted octanol–water partition coefficient (Wildman–Crippen LogP) is 0.135. The number of benzene rings is 2. The topological polar surface area (TPSA) is 192 Å². The molecule has 1 saturated heterocycles. The molecular formula is C24H27ClF2N2O10S. The lowest BCUT2D eigenvalue weighted by Crippen LogP contribution is -2.68. The van der Waals surface area contributed by atoms with Gasteiger partial charge in [0, 0.05) is 29.1 Å². The van der Waals surface area contributed by atoms with Crippen LogP contribution in [0.5, 0.6) is 0 Å². The Balaban J connectivity index is 1.84. The first-order valence-electron chi connectivity index (χ1n) is 11.7. The van der Waals surface area contributed by atoms with E-state index in [1.54, 1.807) is 0 Å². The van der Waals surface area contributed by atoms with Crippen molar-refractivity contribution in [1.29, 1.82) is 0 Å². The molecule has 12 nitrogen and oxygen atoms in total. The number of rotatable bonds is 11. The third-order valence-corrected chi connectivity index (χ3v) is 7.00. The highest BCUT2D eigenvalue weighted by atomic mass is 35.5. The molecule has 0 aromatic heterocycles. The smallest absolute Gasteiger partial charge is 0.364 e. The van der Waals surface area contributed by atoms with Crippen LogP contribution in [0.1, 0.15) is 22.3 Å². The van der Waals surface area contributed by atoms with Crippen LogP contribution in [0.25, 0.3) is 0 Å². The summed E-state index contributed by atoms with van der Waals surface area (Å²) in [5.74, 6) is -7.85. The summed E-state index contributed by atoms with van der Waals surface area (Å²) in [5.41, 5.74) is -0.230. The predicted molar refractivity (Wildman–Crippen MR) is 135 cm³/mol. The standard InChI is InChI=1S/C24H27ClF2N2O10S/c1-40(36,37)29-19-16(30)9-24(23(34)35,38-11-13-3-2-4-15(26)18(13)27)39-21(19)20(32)17(31)10-28-22(33)12-5-7-14(25)8-6-12/h2-8,16-17,19-21,29-32H,9-11H2,1H3,(H,28,33)(H,34,35)/t16-,17-,19+,20-,21-,24-/m1/s1. The van der Waals surface area contributed by atoms with Crippen molar-refractivity contribution < 1.29 is 56.7 Å². The Bertz CT molecular complexity index is 1330. The van der Waals surface area contributed by atoms with Gasteiger partial charge in [-0.1, -0.05) is 23.7 Å². The number of hydrogen-bond acceptors (Lipinski definition) is 9. The maximum absolute atomic E-state index is 14.1. The summed E-state index contributed by atoms with van der Waals surface area (Å²) in [5, 5.41) is 44.8. The van der Waals surface area contributed by atoms with Gasteiger partial charge < -0.3 is 35.2 Å². The SMILES string of the molecule is CS(=O)(=O)N[C@@H]1[C@H]([C@H](O)[C@H](O)CNC(=O)c2ccc(Cl)cc2)O[C@@](OCc2cccc(F)c2F)(C(=O)O)C[C@H]1O. The molecule has 1 aliphatic heterocycles. The number of hydrogen-bond donors (Lipinski definition) is 6. The molecule has 0 saturated carbocycles. The van der Waals surface area contributed by atoms with Crippen LogP contribution in [0.4, 0.5) is 8.78 Å². The second-order valence-electron chi connectivity index (χ2n) is 9.10. The quantitative estimate of drug-likeness (QED) is 0.204. The van der Waals surface area contributed by atoms with Crippen LogP contribution >= 0.6 is 11.6 Å². The van der Waals surface area contributed by atoms with E-state index in [1.807, 2.05) is 4.72 Å². The maximum atomic E-state index is 14.1. The van der Waals surface area contributed by atoms with E-state index in [-0.39, 0.29) is 5.56 Å². The molecule has 0 radical (unpaired) electrons. The molecule has 6 atom stereocenters. The van der Waals surface area contributed by atoms with E-state index in [4.69, 9.17) is 21.1 Å². The van der Waals surface area contributed by atoms with E-state index in [9.17, 15) is 47.2 Å². The van der Waals surface area contributed by atoms with Gasteiger partial charge in [0.2, 0.25) is 10.0 Å². The zero-order valence-electron chi connectivity index (χ0n) is 20.8. The average molecular weight is 609 g/mol. The van der Waals surface area contributed by atoms with Gasteiger partial charge in [0.1, 0.15) is 12.2 Å². The lowest BCUT2D eigenvalue weighted by atomic mass is 9.89. The lowest BCUT2D eigenvalue weighted by molar-refractivity contribution is -0.313. The third-order valence-electron chi connectivity index (χ3n) is 6.05. The molecule has 6 N–H and O–H groups in total. The molecule has 0 bridgehead atoms. The summed E-state index contributed by atoms with van der Waals surface area (Å²) in [7, 11) is -4.08. The Morgan fingerprint density at radius 2 is 1.85 bits per heavy atom. The van der Waals surface area contributed by atoms with Crippen molar-refractivity contribution in [3.05, 3.63) is 70.2 Å². The average Bonchev–Trinajstić information content (AvgIpc) is 2.88. The summed E-state index contributed by atoms with van der Waals surface area (Å²) >= 11 is 5.78. The molecule has 16 heteroatoms. The number of amides is 1. The van der Waals surface area contributed by atoms with E-state index >= 15 is 0 Å². The number of ether oxygens (including phenoxy) is 2. The fourth-order valence-corrected chi connectivity index (χ4v) is 4.94. The van der Waals surface area contributed by atoms with Crippen molar-refractivity contribution in [1.82, 2.24) is 10.0 Å². The van der Waals surface area contributed by atoms with E-state index in [0.29, 0.717) is 5.02 Å². The molecular weight excluding hydrogens is 582 g/mol. The Kier molecular flexibility index (Phi) is 10.2. The summed E-state index contributed by atoms with van der Waals surface area (Å²) in [6.07, 6.45) is -7.98. The van der Waals surface area contributed by atoms with Gasteiger partial charge in [-0.2, -0.15) is 0 Å². The van der Waals surface area contributed by atoms with Crippen LogP contribution < -0.4 is 10.0 Å².